The Kier molecular flexibility index (Phi) is 6.17. The van der Waals surface area contributed by atoms with E-state index in [1.807, 2.05) is 0 Å². The summed E-state index contributed by atoms with van der Waals surface area (Å²) >= 11 is 2.78. The maximum absolute atomic E-state index is 11.9. The first-order valence-corrected chi connectivity index (χ1v) is 9.00. The van der Waals surface area contributed by atoms with E-state index in [0.29, 0.717) is 29.4 Å². The topological polar surface area (TPSA) is 92.0 Å². The van der Waals surface area contributed by atoms with Crippen LogP contribution in [0.5, 0.6) is 0 Å². The Bertz CT molecular complexity index is 756. The van der Waals surface area contributed by atoms with Crippen LogP contribution in [-0.2, 0) is 15.3 Å². The molecule has 0 bridgehead atoms. The molecule has 0 aromatic carbocycles. The molecule has 2 aromatic heterocycles. The normalized spacial score (nSPS) is 10.8. The maximum atomic E-state index is 11.9. The highest BCUT2D eigenvalue weighted by atomic mass is 32.2. The number of nitrogens with zero attached hydrogens (tertiary/aromatic N) is 3. The van der Waals surface area contributed by atoms with Crippen LogP contribution in [0, 0.1) is 0 Å². The summed E-state index contributed by atoms with van der Waals surface area (Å²) in [5.74, 6) is -0.163. The lowest BCUT2D eigenvalue weighted by Gasteiger charge is -2.16. The molecule has 2 heterocycles. The predicted octanol–water partition coefficient (Wildman–Crippen LogP) is 1.31. The van der Waals surface area contributed by atoms with Gasteiger partial charge in [-0.3, -0.25) is 18.8 Å². The quantitative estimate of drug-likeness (QED) is 0.768. The zero-order valence-corrected chi connectivity index (χ0v) is 14.2. The van der Waals surface area contributed by atoms with Gasteiger partial charge in [-0.15, -0.1) is 23.1 Å². The minimum atomic E-state index is -0.860. The third kappa shape index (κ3) is 5.07. The predicted molar refractivity (Wildman–Crippen MR) is 90.0 cm³/mol. The fourth-order valence-electron chi connectivity index (χ4n) is 1.91. The molecule has 1 N–H and O–H groups in total. The molecule has 2 aromatic rings. The second-order valence-corrected chi connectivity index (χ2v) is 6.81. The summed E-state index contributed by atoms with van der Waals surface area (Å²) in [4.78, 5) is 40.7. The molecule has 0 saturated carbocycles. The summed E-state index contributed by atoms with van der Waals surface area (Å²) in [5, 5.41) is 10.4. The Balaban J connectivity index is 1.80. The van der Waals surface area contributed by atoms with Crippen molar-refractivity contribution in [2.75, 3.05) is 19.3 Å². The molecular formula is C14H17N3O4S2. The van der Waals surface area contributed by atoms with E-state index >= 15 is 0 Å². The van der Waals surface area contributed by atoms with Crippen molar-refractivity contribution in [1.82, 2.24) is 14.3 Å². The smallest absolute Gasteiger partial charge is 0.303 e. The van der Waals surface area contributed by atoms with Gasteiger partial charge >= 0.3 is 5.97 Å². The maximum Gasteiger partial charge on any atom is 0.303 e. The fourth-order valence-corrected chi connectivity index (χ4v) is 3.50. The molecular weight excluding hydrogens is 338 g/mol. The number of fused-ring (bicyclic) bond motifs is 1. The molecule has 0 unspecified atom stereocenters. The van der Waals surface area contributed by atoms with Crippen molar-refractivity contribution in [3.05, 3.63) is 33.7 Å². The van der Waals surface area contributed by atoms with Gasteiger partial charge in [0.15, 0.2) is 4.96 Å². The first-order chi connectivity index (χ1) is 11.0. The Morgan fingerprint density at radius 3 is 3.00 bits per heavy atom. The number of carboxylic acid groups (broad SMARTS) is 1. The lowest BCUT2D eigenvalue weighted by atomic mass is 10.3. The molecule has 0 fully saturated rings. The first kappa shape index (κ1) is 17.5. The van der Waals surface area contributed by atoms with E-state index in [0.717, 1.165) is 0 Å². The number of thiazole rings is 1. The monoisotopic (exact) mass is 355 g/mol. The van der Waals surface area contributed by atoms with Crippen LogP contribution in [0.2, 0.25) is 0 Å². The molecule has 9 heteroatoms. The van der Waals surface area contributed by atoms with Crippen LogP contribution in [0.3, 0.4) is 0 Å². The molecule has 0 aliphatic carbocycles. The summed E-state index contributed by atoms with van der Waals surface area (Å²) in [6.45, 7) is 0.423. The molecule has 1 amide bonds. The number of rotatable bonds is 8. The van der Waals surface area contributed by atoms with Crippen molar-refractivity contribution in [1.29, 1.82) is 0 Å². The zero-order valence-electron chi connectivity index (χ0n) is 12.6. The number of carboxylic acids is 1. The van der Waals surface area contributed by atoms with Crippen molar-refractivity contribution in [3.63, 3.8) is 0 Å². The molecule has 0 atom stereocenters. The first-order valence-electron chi connectivity index (χ1n) is 6.96. The van der Waals surface area contributed by atoms with Gasteiger partial charge in [-0.05, 0) is 6.42 Å². The van der Waals surface area contributed by atoms with Gasteiger partial charge in [-0.25, -0.2) is 4.98 Å². The summed E-state index contributed by atoms with van der Waals surface area (Å²) in [5.41, 5.74) is 0.535. The van der Waals surface area contributed by atoms with Crippen LogP contribution in [-0.4, -0.2) is 50.6 Å². The van der Waals surface area contributed by atoms with Crippen molar-refractivity contribution >= 4 is 39.9 Å². The Hall–Kier alpha value is -1.87. The lowest BCUT2D eigenvalue weighted by Crippen LogP contribution is -2.29. The van der Waals surface area contributed by atoms with Crippen LogP contribution >= 0.6 is 23.1 Å². The number of hydrogen-bond donors (Lipinski definition) is 1. The van der Waals surface area contributed by atoms with E-state index in [-0.39, 0.29) is 23.6 Å². The van der Waals surface area contributed by atoms with Gasteiger partial charge in [0.1, 0.15) is 0 Å². The average Bonchev–Trinajstić information content (AvgIpc) is 2.95. The van der Waals surface area contributed by atoms with E-state index < -0.39 is 5.97 Å². The van der Waals surface area contributed by atoms with E-state index in [1.54, 1.807) is 18.6 Å². The van der Waals surface area contributed by atoms with E-state index in [4.69, 9.17) is 5.11 Å². The largest absolute Gasteiger partial charge is 0.481 e. The molecule has 124 valence electrons. The lowest BCUT2D eigenvalue weighted by molar-refractivity contribution is -0.137. The number of carbonyl (C=O) groups is 2. The van der Waals surface area contributed by atoms with Crippen molar-refractivity contribution in [2.45, 2.75) is 18.6 Å². The van der Waals surface area contributed by atoms with Crippen LogP contribution in [0.25, 0.3) is 4.96 Å². The Morgan fingerprint density at radius 1 is 1.48 bits per heavy atom. The fraction of sp³-hybridized carbons (Fsp3) is 0.429. The summed E-state index contributed by atoms with van der Waals surface area (Å²) < 4.78 is 1.49. The van der Waals surface area contributed by atoms with Crippen molar-refractivity contribution in [2.24, 2.45) is 0 Å². The molecule has 0 aliphatic heterocycles. The summed E-state index contributed by atoms with van der Waals surface area (Å²) in [7, 11) is 1.66. The van der Waals surface area contributed by atoms with Gasteiger partial charge in [-0.2, -0.15) is 0 Å². The van der Waals surface area contributed by atoms with Crippen LogP contribution in [0.15, 0.2) is 22.4 Å². The standard InChI is InChI=1S/C14H17N3O4S2/c1-16(4-2-3-13(20)21)12(19)9-22-8-10-7-11(18)17-5-6-23-14(17)15-10/h5-7H,2-4,8-9H2,1H3,(H,20,21). The molecule has 0 aliphatic rings. The Labute approximate surface area is 141 Å². The van der Waals surface area contributed by atoms with Crippen molar-refractivity contribution in [3.8, 4) is 0 Å². The Morgan fingerprint density at radius 2 is 2.26 bits per heavy atom. The van der Waals surface area contributed by atoms with Gasteiger partial charge in [0.2, 0.25) is 5.91 Å². The van der Waals surface area contributed by atoms with Crippen LogP contribution in [0.1, 0.15) is 18.5 Å². The highest BCUT2D eigenvalue weighted by Gasteiger charge is 2.10. The number of amides is 1. The van der Waals surface area contributed by atoms with Crippen LogP contribution < -0.4 is 5.56 Å². The second kappa shape index (κ2) is 8.11. The molecule has 2 rings (SSSR count). The van der Waals surface area contributed by atoms with Gasteiger partial charge in [0, 0.05) is 43.4 Å². The number of aliphatic carboxylic acids is 1. The third-order valence-electron chi connectivity index (χ3n) is 3.14. The molecule has 7 nitrogen and oxygen atoms in total. The molecule has 0 radical (unpaired) electrons. The highest BCUT2D eigenvalue weighted by Crippen LogP contribution is 2.13. The van der Waals surface area contributed by atoms with Crippen LogP contribution in [0.4, 0.5) is 0 Å². The third-order valence-corrected chi connectivity index (χ3v) is 4.85. The number of hydrogen-bond acceptors (Lipinski definition) is 6. The molecule has 23 heavy (non-hydrogen) atoms. The average molecular weight is 355 g/mol. The summed E-state index contributed by atoms with van der Waals surface area (Å²) in [6, 6.07) is 1.48. The highest BCUT2D eigenvalue weighted by molar-refractivity contribution is 7.99. The number of aromatic nitrogens is 2. The van der Waals surface area contributed by atoms with E-state index in [2.05, 4.69) is 4.98 Å². The summed E-state index contributed by atoms with van der Waals surface area (Å²) in [6.07, 6.45) is 2.18. The van der Waals surface area contributed by atoms with Gasteiger partial charge < -0.3 is 10.0 Å². The molecule has 0 spiro atoms. The van der Waals surface area contributed by atoms with Crippen molar-refractivity contribution < 1.29 is 14.7 Å². The minimum absolute atomic E-state index is 0.0550. The minimum Gasteiger partial charge on any atom is -0.481 e. The molecule has 0 saturated heterocycles. The zero-order chi connectivity index (χ0) is 16.8. The number of carbonyl (C=O) groups excluding carboxylic acids is 1. The van der Waals surface area contributed by atoms with E-state index in [9.17, 15) is 14.4 Å². The number of thioether (sulfide) groups is 1. The SMILES string of the molecule is CN(CCCC(=O)O)C(=O)CSCc1cc(=O)n2ccsc2n1. The van der Waals surface area contributed by atoms with Gasteiger partial charge in [0.05, 0.1) is 11.4 Å². The van der Waals surface area contributed by atoms with Gasteiger partial charge in [-0.1, -0.05) is 0 Å². The second-order valence-electron chi connectivity index (χ2n) is 4.95. The van der Waals surface area contributed by atoms with Gasteiger partial charge in [0.25, 0.3) is 5.56 Å². The van der Waals surface area contributed by atoms with E-state index in [1.165, 1.54) is 38.5 Å².